The van der Waals surface area contributed by atoms with Crippen LogP contribution in [0.15, 0.2) is 27.8 Å². The lowest BCUT2D eigenvalue weighted by molar-refractivity contribution is 0.273. The van der Waals surface area contributed by atoms with Gasteiger partial charge in [0.1, 0.15) is 5.69 Å². The number of methoxy groups -OCH3 is 1. The SMILES string of the molecule is COc1cc(/C=c2/sc3nc(=O)c(C)nn3c2=O)ccc1OCCC(C)C. The third-order valence-electron chi connectivity index (χ3n) is 3.98. The summed E-state index contributed by atoms with van der Waals surface area (Å²) in [4.78, 5) is 28.3. The van der Waals surface area contributed by atoms with Crippen LogP contribution in [0.5, 0.6) is 11.5 Å². The van der Waals surface area contributed by atoms with E-state index in [9.17, 15) is 9.59 Å². The van der Waals surface area contributed by atoms with Gasteiger partial charge in [-0.1, -0.05) is 31.3 Å². The number of aryl methyl sites for hydroxylation is 1. The predicted octanol–water partition coefficient (Wildman–Crippen LogP) is 1.80. The van der Waals surface area contributed by atoms with Crippen molar-refractivity contribution >= 4 is 22.4 Å². The maximum Gasteiger partial charge on any atom is 0.295 e. The number of rotatable bonds is 6. The Kier molecular flexibility index (Phi) is 5.55. The Labute approximate surface area is 159 Å². The van der Waals surface area contributed by atoms with Gasteiger partial charge in [-0.15, -0.1) is 0 Å². The molecule has 0 fully saturated rings. The molecular formula is C19H21N3O4S. The molecule has 0 N–H and O–H groups in total. The zero-order valence-electron chi connectivity index (χ0n) is 15.7. The zero-order chi connectivity index (χ0) is 19.6. The average Bonchev–Trinajstić information content (AvgIpc) is 2.91. The van der Waals surface area contributed by atoms with Crippen LogP contribution in [0, 0.1) is 12.8 Å². The van der Waals surface area contributed by atoms with Gasteiger partial charge in [0.05, 0.1) is 18.2 Å². The number of aromatic nitrogens is 3. The van der Waals surface area contributed by atoms with E-state index in [1.807, 2.05) is 18.2 Å². The van der Waals surface area contributed by atoms with E-state index in [4.69, 9.17) is 9.47 Å². The molecule has 2 aromatic heterocycles. The third-order valence-corrected chi connectivity index (χ3v) is 4.94. The fourth-order valence-corrected chi connectivity index (χ4v) is 3.34. The van der Waals surface area contributed by atoms with Crippen LogP contribution in [0.3, 0.4) is 0 Å². The molecule has 7 nitrogen and oxygen atoms in total. The third kappa shape index (κ3) is 4.16. The summed E-state index contributed by atoms with van der Waals surface area (Å²) in [6, 6.07) is 5.49. The summed E-state index contributed by atoms with van der Waals surface area (Å²) in [6.45, 7) is 6.43. The summed E-state index contributed by atoms with van der Waals surface area (Å²) in [6.07, 6.45) is 2.68. The van der Waals surface area contributed by atoms with E-state index >= 15 is 0 Å². The molecule has 0 unspecified atom stereocenters. The summed E-state index contributed by atoms with van der Waals surface area (Å²) in [5.41, 5.74) is 0.249. The van der Waals surface area contributed by atoms with Gasteiger partial charge in [-0.3, -0.25) is 9.59 Å². The van der Waals surface area contributed by atoms with Gasteiger partial charge in [-0.25, -0.2) is 0 Å². The molecule has 0 atom stereocenters. The zero-order valence-corrected chi connectivity index (χ0v) is 16.5. The van der Waals surface area contributed by atoms with Crippen molar-refractivity contribution in [3.05, 3.63) is 54.7 Å². The number of nitrogens with zero attached hydrogens (tertiary/aromatic N) is 3. The number of fused-ring (bicyclic) bond motifs is 1. The van der Waals surface area contributed by atoms with E-state index in [0.29, 0.717) is 28.6 Å². The highest BCUT2D eigenvalue weighted by molar-refractivity contribution is 7.15. The summed E-state index contributed by atoms with van der Waals surface area (Å²) in [7, 11) is 1.58. The van der Waals surface area contributed by atoms with Crippen molar-refractivity contribution in [1.29, 1.82) is 0 Å². The second kappa shape index (κ2) is 7.87. The molecule has 0 aliphatic heterocycles. The molecule has 0 spiro atoms. The van der Waals surface area contributed by atoms with E-state index in [2.05, 4.69) is 23.9 Å². The van der Waals surface area contributed by atoms with Crippen molar-refractivity contribution in [2.75, 3.05) is 13.7 Å². The molecule has 1 aromatic carbocycles. The number of benzene rings is 1. The van der Waals surface area contributed by atoms with Crippen molar-refractivity contribution in [2.24, 2.45) is 5.92 Å². The minimum Gasteiger partial charge on any atom is -0.493 e. The summed E-state index contributed by atoms with van der Waals surface area (Å²) < 4.78 is 12.8. The van der Waals surface area contributed by atoms with Gasteiger partial charge >= 0.3 is 0 Å². The first-order valence-electron chi connectivity index (χ1n) is 8.62. The van der Waals surface area contributed by atoms with E-state index in [0.717, 1.165) is 27.8 Å². The molecule has 0 bridgehead atoms. The first-order valence-corrected chi connectivity index (χ1v) is 9.43. The minimum atomic E-state index is -0.424. The van der Waals surface area contributed by atoms with Crippen LogP contribution >= 0.6 is 11.3 Å². The molecule has 142 valence electrons. The fourth-order valence-electron chi connectivity index (χ4n) is 2.44. The van der Waals surface area contributed by atoms with Crippen LogP contribution < -0.4 is 25.1 Å². The number of thiazole rings is 1. The highest BCUT2D eigenvalue weighted by Gasteiger charge is 2.10. The predicted molar refractivity (Wildman–Crippen MR) is 105 cm³/mol. The Bertz CT molecular complexity index is 1130. The van der Waals surface area contributed by atoms with Crippen molar-refractivity contribution in [3.8, 4) is 11.5 Å². The van der Waals surface area contributed by atoms with E-state index in [1.54, 1.807) is 13.2 Å². The van der Waals surface area contributed by atoms with Gasteiger partial charge < -0.3 is 9.47 Å². The highest BCUT2D eigenvalue weighted by atomic mass is 32.1. The van der Waals surface area contributed by atoms with Gasteiger partial charge in [-0.2, -0.15) is 14.6 Å². The van der Waals surface area contributed by atoms with E-state index in [-0.39, 0.29) is 16.2 Å². The largest absolute Gasteiger partial charge is 0.493 e. The van der Waals surface area contributed by atoms with Crippen LogP contribution in [0.25, 0.3) is 11.0 Å². The van der Waals surface area contributed by atoms with Gasteiger partial charge in [0.2, 0.25) is 4.96 Å². The Morgan fingerprint density at radius 3 is 2.74 bits per heavy atom. The molecule has 0 amide bonds. The number of ether oxygens (including phenoxy) is 2. The number of hydrogen-bond donors (Lipinski definition) is 0. The lowest BCUT2D eigenvalue weighted by atomic mass is 10.1. The lowest BCUT2D eigenvalue weighted by Gasteiger charge is -2.12. The first kappa shape index (κ1) is 19.0. The second-order valence-corrected chi connectivity index (χ2v) is 7.56. The fraction of sp³-hybridized carbons (Fsp3) is 0.368. The number of hydrogen-bond acceptors (Lipinski definition) is 7. The molecule has 0 aliphatic carbocycles. The standard InChI is InChI=1S/C19H21N3O4S/c1-11(2)7-8-26-14-6-5-13(9-15(14)25-4)10-16-18(24)22-19(27-16)20-17(23)12(3)21-22/h5-6,9-11H,7-8H2,1-4H3/b16-10+. The summed E-state index contributed by atoms with van der Waals surface area (Å²) in [5, 5.41) is 4.01. The lowest BCUT2D eigenvalue weighted by Crippen LogP contribution is -2.27. The van der Waals surface area contributed by atoms with Crippen LogP contribution in [0.4, 0.5) is 0 Å². The quantitative estimate of drug-likeness (QED) is 0.641. The van der Waals surface area contributed by atoms with Crippen molar-refractivity contribution < 1.29 is 9.47 Å². The molecule has 3 aromatic rings. The van der Waals surface area contributed by atoms with E-state index < -0.39 is 5.56 Å². The molecule has 0 saturated heterocycles. The Hall–Kier alpha value is -2.74. The van der Waals surface area contributed by atoms with Crippen LogP contribution in [0.2, 0.25) is 0 Å². The van der Waals surface area contributed by atoms with Gasteiger partial charge in [0.25, 0.3) is 11.1 Å². The Balaban J connectivity index is 1.97. The van der Waals surface area contributed by atoms with Crippen molar-refractivity contribution in [2.45, 2.75) is 27.2 Å². The molecule has 3 rings (SSSR count). The normalized spacial score (nSPS) is 12.1. The van der Waals surface area contributed by atoms with Crippen molar-refractivity contribution in [1.82, 2.24) is 14.6 Å². The minimum absolute atomic E-state index is 0.193. The topological polar surface area (TPSA) is 82.8 Å². The smallest absolute Gasteiger partial charge is 0.295 e. The molecule has 2 heterocycles. The van der Waals surface area contributed by atoms with Gasteiger partial charge in [0, 0.05) is 0 Å². The molecular weight excluding hydrogens is 366 g/mol. The van der Waals surface area contributed by atoms with Gasteiger partial charge in [0.15, 0.2) is 11.5 Å². The molecule has 0 saturated carbocycles. The highest BCUT2D eigenvalue weighted by Crippen LogP contribution is 2.28. The summed E-state index contributed by atoms with van der Waals surface area (Å²) >= 11 is 1.13. The van der Waals surface area contributed by atoms with Gasteiger partial charge in [-0.05, 0) is 43.0 Å². The van der Waals surface area contributed by atoms with Crippen molar-refractivity contribution in [3.63, 3.8) is 0 Å². The van der Waals surface area contributed by atoms with Crippen LogP contribution in [0.1, 0.15) is 31.5 Å². The summed E-state index contributed by atoms with van der Waals surface area (Å²) in [5.74, 6) is 1.83. The van der Waals surface area contributed by atoms with Crippen LogP contribution in [-0.2, 0) is 0 Å². The Morgan fingerprint density at radius 1 is 1.26 bits per heavy atom. The molecule has 8 heteroatoms. The van der Waals surface area contributed by atoms with Crippen LogP contribution in [-0.4, -0.2) is 28.3 Å². The second-order valence-electron chi connectivity index (χ2n) is 6.55. The first-order chi connectivity index (χ1) is 12.9. The molecule has 0 radical (unpaired) electrons. The maximum absolute atomic E-state index is 12.5. The molecule has 27 heavy (non-hydrogen) atoms. The average molecular weight is 387 g/mol. The van der Waals surface area contributed by atoms with E-state index in [1.165, 1.54) is 6.92 Å². The maximum atomic E-state index is 12.5. The Morgan fingerprint density at radius 2 is 2.04 bits per heavy atom. The molecule has 0 aliphatic rings. The monoisotopic (exact) mass is 387 g/mol.